The van der Waals surface area contributed by atoms with E-state index < -0.39 is 16.6 Å². The third-order valence-electron chi connectivity index (χ3n) is 7.17. The molecule has 0 bridgehead atoms. The highest BCUT2D eigenvalue weighted by molar-refractivity contribution is 7.98. The standard InChI is InChI=1S/C22H45NO3SSi2/c1-17(15-25-16-27-8)19-18(13-14-26-29(11,12)22(5,6)7)23(20(19)24)28(9,10)21(2,3)4/h18H,13-16H2,1-12H3/b19-17+/t18-/m1/s1. The molecule has 1 saturated heterocycles. The molecule has 0 aromatic rings. The topological polar surface area (TPSA) is 38.8 Å². The van der Waals surface area contributed by atoms with Crippen LogP contribution in [0.1, 0.15) is 54.9 Å². The van der Waals surface area contributed by atoms with Gasteiger partial charge in [0.15, 0.2) is 16.6 Å². The fourth-order valence-electron chi connectivity index (χ4n) is 3.22. The summed E-state index contributed by atoms with van der Waals surface area (Å²) >= 11 is 1.66. The Balaban J connectivity index is 3.07. The second-order valence-electron chi connectivity index (χ2n) is 11.3. The van der Waals surface area contributed by atoms with Crippen molar-refractivity contribution in [2.45, 2.75) is 97.2 Å². The van der Waals surface area contributed by atoms with Crippen LogP contribution in [0.5, 0.6) is 0 Å². The minimum atomic E-state index is -1.95. The average molecular weight is 460 g/mol. The van der Waals surface area contributed by atoms with Gasteiger partial charge in [0.25, 0.3) is 0 Å². The number of ether oxygens (including phenoxy) is 1. The lowest BCUT2D eigenvalue weighted by Gasteiger charge is -2.56. The Bertz CT molecular complexity index is 619. The molecule has 0 aromatic heterocycles. The number of hydrogen-bond acceptors (Lipinski definition) is 4. The summed E-state index contributed by atoms with van der Waals surface area (Å²) in [7, 11) is -3.74. The number of thioether (sulfide) groups is 1. The molecule has 1 rings (SSSR count). The summed E-state index contributed by atoms with van der Waals surface area (Å²) in [5.41, 5.74) is 2.05. The van der Waals surface area contributed by atoms with Gasteiger partial charge in [-0.3, -0.25) is 4.79 Å². The van der Waals surface area contributed by atoms with Gasteiger partial charge in [-0.05, 0) is 48.3 Å². The smallest absolute Gasteiger partial charge is 0.244 e. The molecule has 0 unspecified atom stereocenters. The van der Waals surface area contributed by atoms with Crippen LogP contribution in [0.2, 0.25) is 36.3 Å². The molecular weight excluding hydrogens is 414 g/mol. The highest BCUT2D eigenvalue weighted by Crippen LogP contribution is 2.46. The predicted octanol–water partition coefficient (Wildman–Crippen LogP) is 6.27. The van der Waals surface area contributed by atoms with Crippen molar-refractivity contribution in [2.24, 2.45) is 0 Å². The van der Waals surface area contributed by atoms with Crippen molar-refractivity contribution >= 4 is 34.2 Å². The number of β-lactam (4-membered cyclic amide) rings is 1. The van der Waals surface area contributed by atoms with Gasteiger partial charge in [-0.1, -0.05) is 54.6 Å². The summed E-state index contributed by atoms with van der Waals surface area (Å²) in [5.74, 6) is 0.878. The van der Waals surface area contributed by atoms with Crippen molar-refractivity contribution in [2.75, 3.05) is 25.4 Å². The van der Waals surface area contributed by atoms with Crippen LogP contribution >= 0.6 is 11.8 Å². The van der Waals surface area contributed by atoms with E-state index in [1.807, 2.05) is 6.26 Å². The molecule has 0 radical (unpaired) electrons. The van der Waals surface area contributed by atoms with E-state index in [2.05, 4.69) is 79.2 Å². The maximum Gasteiger partial charge on any atom is 0.244 e. The first kappa shape index (κ1) is 26.9. The molecule has 29 heavy (non-hydrogen) atoms. The van der Waals surface area contributed by atoms with Gasteiger partial charge in [0.1, 0.15) is 0 Å². The van der Waals surface area contributed by atoms with Gasteiger partial charge in [-0.15, -0.1) is 11.8 Å². The Morgan fingerprint density at radius 1 is 1.07 bits per heavy atom. The van der Waals surface area contributed by atoms with Crippen LogP contribution < -0.4 is 0 Å². The lowest BCUT2D eigenvalue weighted by molar-refractivity contribution is -0.131. The van der Waals surface area contributed by atoms with Gasteiger partial charge in [0.2, 0.25) is 5.91 Å². The fraction of sp³-hybridized carbons (Fsp3) is 0.864. The van der Waals surface area contributed by atoms with Gasteiger partial charge < -0.3 is 13.7 Å². The third-order valence-corrected chi connectivity index (χ3v) is 17.5. The highest BCUT2D eigenvalue weighted by atomic mass is 32.2. The summed E-state index contributed by atoms with van der Waals surface area (Å²) in [6, 6.07) is 0.158. The van der Waals surface area contributed by atoms with Crippen LogP contribution in [-0.2, 0) is 14.0 Å². The number of carbonyl (C=O) groups is 1. The lowest BCUT2D eigenvalue weighted by atomic mass is 9.91. The van der Waals surface area contributed by atoms with E-state index in [1.54, 1.807) is 11.8 Å². The molecule has 1 fully saturated rings. The molecule has 1 aliphatic heterocycles. The van der Waals surface area contributed by atoms with Crippen molar-refractivity contribution in [3.8, 4) is 0 Å². The maximum atomic E-state index is 13.3. The first-order valence-corrected chi connectivity index (χ1v) is 18.0. The average Bonchev–Trinajstić information content (AvgIpc) is 2.51. The first-order chi connectivity index (χ1) is 13.0. The number of amides is 1. The van der Waals surface area contributed by atoms with Crippen LogP contribution in [0.15, 0.2) is 11.1 Å². The molecule has 1 aliphatic rings. The molecule has 1 atom stereocenters. The van der Waals surface area contributed by atoms with Gasteiger partial charge in [-0.25, -0.2) is 0 Å². The second kappa shape index (κ2) is 9.59. The molecule has 4 nitrogen and oxygen atoms in total. The van der Waals surface area contributed by atoms with Crippen LogP contribution in [-0.4, -0.2) is 58.5 Å². The van der Waals surface area contributed by atoms with E-state index in [0.717, 1.165) is 17.6 Å². The number of carbonyl (C=O) groups excluding carboxylic acids is 1. The van der Waals surface area contributed by atoms with Crippen molar-refractivity contribution in [3.63, 3.8) is 0 Å². The Morgan fingerprint density at radius 2 is 1.62 bits per heavy atom. The van der Waals surface area contributed by atoms with Crippen LogP contribution in [0, 0.1) is 0 Å². The van der Waals surface area contributed by atoms with Gasteiger partial charge in [0, 0.05) is 12.2 Å². The molecule has 7 heteroatoms. The molecular formula is C22H45NO3SSi2. The van der Waals surface area contributed by atoms with Crippen molar-refractivity contribution in [1.29, 1.82) is 0 Å². The molecule has 170 valence electrons. The van der Waals surface area contributed by atoms with Crippen LogP contribution in [0.25, 0.3) is 0 Å². The molecule has 0 saturated carbocycles. The van der Waals surface area contributed by atoms with E-state index in [-0.39, 0.29) is 22.0 Å². The fourth-order valence-corrected chi connectivity index (χ4v) is 6.92. The van der Waals surface area contributed by atoms with Gasteiger partial charge in [0.05, 0.1) is 18.6 Å². The Labute approximate surface area is 186 Å². The Morgan fingerprint density at radius 3 is 2.07 bits per heavy atom. The quantitative estimate of drug-likeness (QED) is 0.134. The normalized spacial score (nSPS) is 20.8. The third kappa shape index (κ3) is 6.00. The summed E-state index contributed by atoms with van der Waals surface area (Å²) in [6.45, 7) is 26.2. The van der Waals surface area contributed by atoms with E-state index in [0.29, 0.717) is 19.2 Å². The van der Waals surface area contributed by atoms with Crippen molar-refractivity contribution < 1.29 is 14.0 Å². The highest BCUT2D eigenvalue weighted by Gasteiger charge is 2.54. The molecule has 0 spiro atoms. The molecule has 0 N–H and O–H groups in total. The zero-order chi connectivity index (χ0) is 22.8. The zero-order valence-electron chi connectivity index (χ0n) is 21.0. The molecule has 0 aliphatic carbocycles. The second-order valence-corrected chi connectivity index (χ2v) is 22.1. The van der Waals surface area contributed by atoms with Crippen LogP contribution in [0.4, 0.5) is 0 Å². The number of nitrogens with zero attached hydrogens (tertiary/aromatic N) is 1. The molecule has 0 aromatic carbocycles. The Kier molecular flexibility index (Phi) is 8.91. The van der Waals surface area contributed by atoms with Gasteiger partial charge in [-0.2, -0.15) is 0 Å². The van der Waals surface area contributed by atoms with E-state index in [4.69, 9.17) is 9.16 Å². The largest absolute Gasteiger partial charge is 0.417 e. The zero-order valence-corrected chi connectivity index (χ0v) is 23.8. The minimum absolute atomic E-state index is 0.121. The van der Waals surface area contributed by atoms with E-state index >= 15 is 0 Å². The van der Waals surface area contributed by atoms with Gasteiger partial charge >= 0.3 is 0 Å². The van der Waals surface area contributed by atoms with E-state index in [1.165, 1.54) is 0 Å². The monoisotopic (exact) mass is 459 g/mol. The van der Waals surface area contributed by atoms with Crippen LogP contribution in [0.3, 0.4) is 0 Å². The maximum absolute atomic E-state index is 13.3. The lowest BCUT2D eigenvalue weighted by Crippen LogP contribution is -2.70. The Hall–Kier alpha value is -0.0862. The van der Waals surface area contributed by atoms with E-state index in [9.17, 15) is 4.79 Å². The minimum Gasteiger partial charge on any atom is -0.417 e. The summed E-state index contributed by atoms with van der Waals surface area (Å²) in [5, 5.41) is 0.317. The SMILES string of the molecule is CSCOC/C(C)=C1/C(=O)N([Si](C)(C)C(C)(C)C)[C@@H]1CCO[Si](C)(C)C(C)(C)C. The molecule has 1 heterocycles. The molecule has 1 amide bonds. The summed E-state index contributed by atoms with van der Waals surface area (Å²) in [6.07, 6.45) is 2.90. The first-order valence-electron chi connectivity index (χ1n) is 10.7. The number of rotatable bonds is 9. The van der Waals surface area contributed by atoms with Crippen molar-refractivity contribution in [3.05, 3.63) is 11.1 Å². The summed E-state index contributed by atoms with van der Waals surface area (Å²) in [4.78, 5) is 13.3. The van der Waals surface area contributed by atoms with Crippen molar-refractivity contribution in [1.82, 2.24) is 4.57 Å². The summed E-state index contributed by atoms with van der Waals surface area (Å²) < 4.78 is 14.4. The number of hydrogen-bond donors (Lipinski definition) is 0. The predicted molar refractivity (Wildman–Crippen MR) is 133 cm³/mol.